The fourth-order valence-electron chi connectivity index (χ4n) is 1.36. The smallest absolute Gasteiger partial charge is 0.119 e. The van der Waals surface area contributed by atoms with E-state index in [9.17, 15) is 0 Å². The summed E-state index contributed by atoms with van der Waals surface area (Å²) in [5.74, 6) is 1.88. The highest BCUT2D eigenvalue weighted by Gasteiger charge is 2.13. The van der Waals surface area contributed by atoms with Gasteiger partial charge in [-0.15, -0.1) is 11.8 Å². The van der Waals surface area contributed by atoms with E-state index in [0.717, 1.165) is 23.2 Å². The summed E-state index contributed by atoms with van der Waals surface area (Å²) in [4.78, 5) is 4.41. The van der Waals surface area contributed by atoms with Gasteiger partial charge in [-0.2, -0.15) is 0 Å². The van der Waals surface area contributed by atoms with Gasteiger partial charge in [0.05, 0.1) is 5.69 Å². The van der Waals surface area contributed by atoms with E-state index in [4.69, 9.17) is 0 Å². The molecule has 0 radical (unpaired) electrons. The molecule has 1 atom stereocenters. The zero-order valence-electron chi connectivity index (χ0n) is 8.00. The Morgan fingerprint density at radius 1 is 1.62 bits per heavy atom. The number of thioether (sulfide) groups is 1. The van der Waals surface area contributed by atoms with E-state index < -0.39 is 0 Å². The maximum absolute atomic E-state index is 4.41. The number of anilines is 1. The van der Waals surface area contributed by atoms with Gasteiger partial charge in [-0.25, -0.2) is 4.98 Å². The summed E-state index contributed by atoms with van der Waals surface area (Å²) in [6.07, 6.45) is 1.93. The Morgan fingerprint density at radius 3 is 3.31 bits per heavy atom. The standard InChI is InChI=1S/C10H14N2S/c1-7-3-9-10(12-4-7)13-6-8(2)5-11-9/h3-4,8,11H,5-6H2,1-2H3. The van der Waals surface area contributed by atoms with Crippen LogP contribution in [0, 0.1) is 12.8 Å². The van der Waals surface area contributed by atoms with Crippen molar-refractivity contribution in [3.8, 4) is 0 Å². The van der Waals surface area contributed by atoms with E-state index in [-0.39, 0.29) is 0 Å². The maximum Gasteiger partial charge on any atom is 0.119 e. The first-order valence-corrected chi connectivity index (χ1v) is 5.57. The van der Waals surface area contributed by atoms with Gasteiger partial charge in [0.15, 0.2) is 0 Å². The molecule has 70 valence electrons. The quantitative estimate of drug-likeness (QED) is 0.687. The van der Waals surface area contributed by atoms with E-state index >= 15 is 0 Å². The monoisotopic (exact) mass is 194 g/mol. The summed E-state index contributed by atoms with van der Waals surface area (Å²) < 4.78 is 0. The Balaban J connectivity index is 2.30. The van der Waals surface area contributed by atoms with Gasteiger partial charge in [0, 0.05) is 18.5 Å². The second-order valence-electron chi connectivity index (χ2n) is 3.66. The minimum Gasteiger partial charge on any atom is -0.383 e. The molecule has 2 rings (SSSR count). The molecule has 1 aliphatic rings. The maximum atomic E-state index is 4.41. The van der Waals surface area contributed by atoms with Crippen molar-refractivity contribution >= 4 is 17.4 Å². The molecule has 1 aliphatic heterocycles. The predicted molar refractivity (Wildman–Crippen MR) is 57.4 cm³/mol. The number of hydrogen-bond acceptors (Lipinski definition) is 3. The molecule has 1 aromatic heterocycles. The number of aromatic nitrogens is 1. The van der Waals surface area contributed by atoms with Gasteiger partial charge in [0.1, 0.15) is 5.03 Å². The third kappa shape index (κ3) is 1.97. The van der Waals surface area contributed by atoms with Crippen molar-refractivity contribution in [3.05, 3.63) is 17.8 Å². The molecule has 1 unspecified atom stereocenters. The summed E-state index contributed by atoms with van der Waals surface area (Å²) in [7, 11) is 0. The predicted octanol–water partition coefficient (Wildman–Crippen LogP) is 2.54. The number of nitrogens with one attached hydrogen (secondary N) is 1. The lowest BCUT2D eigenvalue weighted by Crippen LogP contribution is -2.10. The fourth-order valence-corrected chi connectivity index (χ4v) is 2.34. The molecule has 0 spiro atoms. The van der Waals surface area contributed by atoms with Crippen LogP contribution < -0.4 is 5.32 Å². The van der Waals surface area contributed by atoms with Crippen LogP contribution in [0.2, 0.25) is 0 Å². The normalized spacial score (nSPS) is 21.5. The van der Waals surface area contributed by atoms with Crippen molar-refractivity contribution < 1.29 is 0 Å². The zero-order valence-corrected chi connectivity index (χ0v) is 8.82. The minimum absolute atomic E-state index is 0.722. The molecule has 3 heteroatoms. The number of aryl methyl sites for hydroxylation is 1. The van der Waals surface area contributed by atoms with Crippen molar-refractivity contribution in [3.63, 3.8) is 0 Å². The number of pyridine rings is 1. The molecule has 0 bridgehead atoms. The van der Waals surface area contributed by atoms with Crippen LogP contribution in [-0.2, 0) is 0 Å². The highest BCUT2D eigenvalue weighted by molar-refractivity contribution is 7.99. The van der Waals surface area contributed by atoms with E-state index in [0.29, 0.717) is 0 Å². The molecule has 1 N–H and O–H groups in total. The molecular formula is C10H14N2S. The SMILES string of the molecule is Cc1cnc2c(c1)NCC(C)CS2. The van der Waals surface area contributed by atoms with Crippen molar-refractivity contribution in [2.45, 2.75) is 18.9 Å². The van der Waals surface area contributed by atoms with Crippen LogP contribution >= 0.6 is 11.8 Å². The van der Waals surface area contributed by atoms with Crippen molar-refractivity contribution in [2.75, 3.05) is 17.6 Å². The van der Waals surface area contributed by atoms with Crippen LogP contribution in [0.1, 0.15) is 12.5 Å². The Kier molecular flexibility index (Phi) is 2.44. The van der Waals surface area contributed by atoms with Crippen LogP contribution in [0.5, 0.6) is 0 Å². The van der Waals surface area contributed by atoms with Crippen molar-refractivity contribution in [1.29, 1.82) is 0 Å². The molecule has 2 heterocycles. The van der Waals surface area contributed by atoms with Crippen LogP contribution in [0.4, 0.5) is 5.69 Å². The molecule has 0 aromatic carbocycles. The van der Waals surface area contributed by atoms with Gasteiger partial charge < -0.3 is 5.32 Å². The Hall–Kier alpha value is -0.700. The highest BCUT2D eigenvalue weighted by Crippen LogP contribution is 2.30. The molecule has 0 amide bonds. The lowest BCUT2D eigenvalue weighted by Gasteiger charge is -2.07. The lowest BCUT2D eigenvalue weighted by atomic mass is 10.2. The van der Waals surface area contributed by atoms with Crippen molar-refractivity contribution in [2.24, 2.45) is 5.92 Å². The first kappa shape index (κ1) is 8.88. The highest BCUT2D eigenvalue weighted by atomic mass is 32.2. The van der Waals surface area contributed by atoms with E-state index in [1.165, 1.54) is 11.3 Å². The van der Waals surface area contributed by atoms with Gasteiger partial charge in [-0.05, 0) is 24.5 Å². The molecule has 13 heavy (non-hydrogen) atoms. The van der Waals surface area contributed by atoms with Gasteiger partial charge in [-0.1, -0.05) is 6.92 Å². The first-order chi connectivity index (χ1) is 6.25. The number of nitrogens with zero attached hydrogens (tertiary/aromatic N) is 1. The number of fused-ring (bicyclic) bond motifs is 1. The van der Waals surface area contributed by atoms with Crippen LogP contribution in [0.25, 0.3) is 0 Å². The summed E-state index contributed by atoms with van der Waals surface area (Å²) in [5.41, 5.74) is 2.43. The van der Waals surface area contributed by atoms with Gasteiger partial charge in [0.25, 0.3) is 0 Å². The van der Waals surface area contributed by atoms with E-state index in [1.807, 2.05) is 18.0 Å². The van der Waals surface area contributed by atoms with Crippen molar-refractivity contribution in [1.82, 2.24) is 4.98 Å². The molecule has 0 saturated heterocycles. The zero-order chi connectivity index (χ0) is 9.26. The average Bonchev–Trinajstić information content (AvgIpc) is 2.29. The molecule has 0 saturated carbocycles. The molecule has 0 aliphatic carbocycles. The summed E-state index contributed by atoms with van der Waals surface area (Å²) in [6, 6.07) is 2.17. The topological polar surface area (TPSA) is 24.9 Å². The molecule has 1 aromatic rings. The molecular weight excluding hydrogens is 180 g/mol. The van der Waals surface area contributed by atoms with Crippen LogP contribution in [-0.4, -0.2) is 17.3 Å². The van der Waals surface area contributed by atoms with Gasteiger partial charge >= 0.3 is 0 Å². The minimum atomic E-state index is 0.722. The second kappa shape index (κ2) is 3.58. The summed E-state index contributed by atoms with van der Waals surface area (Å²) in [5, 5.41) is 4.58. The molecule has 0 fully saturated rings. The second-order valence-corrected chi connectivity index (χ2v) is 4.67. The average molecular weight is 194 g/mol. The molecule has 2 nitrogen and oxygen atoms in total. The van der Waals surface area contributed by atoms with Crippen LogP contribution in [0.3, 0.4) is 0 Å². The number of hydrogen-bond donors (Lipinski definition) is 1. The lowest BCUT2D eigenvalue weighted by molar-refractivity contribution is 0.704. The van der Waals surface area contributed by atoms with Gasteiger partial charge in [0.2, 0.25) is 0 Å². The fraction of sp³-hybridized carbons (Fsp3) is 0.500. The largest absolute Gasteiger partial charge is 0.383 e. The van der Waals surface area contributed by atoms with E-state index in [1.54, 1.807) is 0 Å². The third-order valence-corrected chi connectivity index (χ3v) is 3.47. The summed E-state index contributed by atoms with van der Waals surface area (Å²) >= 11 is 1.85. The van der Waals surface area contributed by atoms with Crippen LogP contribution in [0.15, 0.2) is 17.3 Å². The number of rotatable bonds is 0. The Bertz CT molecular complexity index is 312. The Morgan fingerprint density at radius 2 is 2.46 bits per heavy atom. The summed E-state index contributed by atoms with van der Waals surface area (Å²) in [6.45, 7) is 5.40. The third-order valence-electron chi connectivity index (χ3n) is 2.13. The first-order valence-electron chi connectivity index (χ1n) is 4.59. The van der Waals surface area contributed by atoms with E-state index in [2.05, 4.69) is 30.2 Å². The Labute approximate surface area is 83.1 Å². The van der Waals surface area contributed by atoms with Gasteiger partial charge in [-0.3, -0.25) is 0 Å².